The van der Waals surface area contributed by atoms with E-state index in [1.807, 2.05) is 6.92 Å². The van der Waals surface area contributed by atoms with Gasteiger partial charge in [0.2, 0.25) is 5.91 Å². The number of carbonyl (C=O) groups is 1. The summed E-state index contributed by atoms with van der Waals surface area (Å²) >= 11 is 0. The van der Waals surface area contributed by atoms with Crippen molar-refractivity contribution in [2.24, 2.45) is 5.73 Å². The van der Waals surface area contributed by atoms with E-state index in [-0.39, 0.29) is 24.4 Å². The van der Waals surface area contributed by atoms with Crippen LogP contribution in [0.1, 0.15) is 19.8 Å². The minimum absolute atomic E-state index is 0. The Morgan fingerprint density at radius 2 is 2.28 bits per heavy atom. The van der Waals surface area contributed by atoms with Gasteiger partial charge in [-0.1, -0.05) is 0 Å². The number of amides is 1. The molecule has 7 heteroatoms. The molecule has 2 aromatic rings. The van der Waals surface area contributed by atoms with Crippen molar-refractivity contribution in [3.05, 3.63) is 24.5 Å². The fourth-order valence-electron chi connectivity index (χ4n) is 1.49. The summed E-state index contributed by atoms with van der Waals surface area (Å²) in [6, 6.07) is 3.52. The standard InChI is InChI=1S/C11H15N5O.ClH/c1-8(12)2-3-11(17)15-10-4-6-13-9-5-7-14-16(9)10;/h4-8H,2-3,12H2,1H3,(H,15,17);1H. The summed E-state index contributed by atoms with van der Waals surface area (Å²) in [6.45, 7) is 1.88. The topological polar surface area (TPSA) is 85.3 Å². The van der Waals surface area contributed by atoms with Crippen LogP contribution in [-0.2, 0) is 4.79 Å². The second-order valence-corrected chi connectivity index (χ2v) is 4.00. The van der Waals surface area contributed by atoms with Gasteiger partial charge in [0.25, 0.3) is 0 Å². The second kappa shape index (κ2) is 6.32. The largest absolute Gasteiger partial charge is 0.328 e. The molecule has 0 aliphatic heterocycles. The fourth-order valence-corrected chi connectivity index (χ4v) is 1.49. The summed E-state index contributed by atoms with van der Waals surface area (Å²) in [4.78, 5) is 15.8. The predicted octanol–water partition coefficient (Wildman–Crippen LogP) is 1.22. The lowest BCUT2D eigenvalue weighted by atomic mass is 10.2. The van der Waals surface area contributed by atoms with E-state index in [1.165, 1.54) is 0 Å². The van der Waals surface area contributed by atoms with E-state index in [9.17, 15) is 4.79 Å². The van der Waals surface area contributed by atoms with E-state index in [1.54, 1.807) is 29.0 Å². The molecule has 1 amide bonds. The Bertz CT molecular complexity index is 525. The first-order valence-corrected chi connectivity index (χ1v) is 5.51. The number of rotatable bonds is 4. The molecule has 0 spiro atoms. The first-order chi connectivity index (χ1) is 8.16. The highest BCUT2D eigenvalue weighted by Gasteiger charge is 2.07. The number of hydrogen-bond acceptors (Lipinski definition) is 4. The van der Waals surface area contributed by atoms with Crippen molar-refractivity contribution < 1.29 is 4.79 Å². The fraction of sp³-hybridized carbons (Fsp3) is 0.364. The van der Waals surface area contributed by atoms with Crippen LogP contribution in [0.4, 0.5) is 5.82 Å². The summed E-state index contributed by atoms with van der Waals surface area (Å²) in [5.74, 6) is 0.556. The van der Waals surface area contributed by atoms with E-state index >= 15 is 0 Å². The van der Waals surface area contributed by atoms with Crippen molar-refractivity contribution in [1.82, 2.24) is 14.6 Å². The minimum atomic E-state index is -0.0645. The Labute approximate surface area is 111 Å². The van der Waals surface area contributed by atoms with Crippen molar-refractivity contribution in [3.8, 4) is 0 Å². The van der Waals surface area contributed by atoms with Crippen molar-refractivity contribution in [2.45, 2.75) is 25.8 Å². The monoisotopic (exact) mass is 269 g/mol. The minimum Gasteiger partial charge on any atom is -0.328 e. The average molecular weight is 270 g/mol. The third-order valence-corrected chi connectivity index (χ3v) is 2.38. The zero-order valence-corrected chi connectivity index (χ0v) is 10.9. The van der Waals surface area contributed by atoms with E-state index in [0.29, 0.717) is 24.3 Å². The molecule has 0 saturated carbocycles. The Balaban J connectivity index is 0.00000162. The van der Waals surface area contributed by atoms with Gasteiger partial charge in [-0.3, -0.25) is 4.79 Å². The van der Waals surface area contributed by atoms with Gasteiger partial charge in [-0.05, 0) is 19.4 Å². The van der Waals surface area contributed by atoms with Crippen molar-refractivity contribution >= 4 is 29.8 Å². The third-order valence-electron chi connectivity index (χ3n) is 2.38. The molecule has 0 saturated heterocycles. The molecule has 0 aromatic carbocycles. The second-order valence-electron chi connectivity index (χ2n) is 4.00. The Morgan fingerprint density at radius 3 is 3.00 bits per heavy atom. The number of hydrogen-bond donors (Lipinski definition) is 2. The number of halogens is 1. The molecule has 0 bridgehead atoms. The van der Waals surface area contributed by atoms with Crippen LogP contribution >= 0.6 is 12.4 Å². The van der Waals surface area contributed by atoms with Crippen molar-refractivity contribution in [3.63, 3.8) is 0 Å². The zero-order chi connectivity index (χ0) is 12.3. The molecular formula is C11H16ClN5O. The molecule has 1 unspecified atom stereocenters. The number of nitrogens with two attached hydrogens (primary N) is 1. The number of nitrogens with zero attached hydrogens (tertiary/aromatic N) is 3. The van der Waals surface area contributed by atoms with E-state index in [2.05, 4.69) is 15.4 Å². The molecule has 0 fully saturated rings. The number of carbonyl (C=O) groups excluding carboxylic acids is 1. The van der Waals surface area contributed by atoms with Gasteiger partial charge in [0.15, 0.2) is 5.65 Å². The highest BCUT2D eigenvalue weighted by Crippen LogP contribution is 2.09. The molecule has 2 rings (SSSR count). The van der Waals surface area contributed by atoms with Gasteiger partial charge in [-0.25, -0.2) is 4.98 Å². The molecule has 0 aliphatic carbocycles. The van der Waals surface area contributed by atoms with Gasteiger partial charge in [-0.2, -0.15) is 9.61 Å². The molecule has 6 nitrogen and oxygen atoms in total. The van der Waals surface area contributed by atoms with E-state index < -0.39 is 0 Å². The first-order valence-electron chi connectivity index (χ1n) is 5.51. The summed E-state index contributed by atoms with van der Waals surface area (Å²) < 4.78 is 1.59. The lowest BCUT2D eigenvalue weighted by Crippen LogP contribution is -2.20. The maximum Gasteiger partial charge on any atom is 0.225 e. The SMILES string of the molecule is CC(N)CCC(=O)Nc1ccnc2ccnn12.Cl. The molecule has 0 aliphatic rings. The first kappa shape index (κ1) is 14.4. The zero-order valence-electron chi connectivity index (χ0n) is 10.0. The molecule has 2 aromatic heterocycles. The van der Waals surface area contributed by atoms with Crippen molar-refractivity contribution in [2.75, 3.05) is 5.32 Å². The molecule has 18 heavy (non-hydrogen) atoms. The van der Waals surface area contributed by atoms with Crippen LogP contribution in [-0.4, -0.2) is 26.5 Å². The summed E-state index contributed by atoms with van der Waals surface area (Å²) in [5, 5.41) is 6.87. The quantitative estimate of drug-likeness (QED) is 0.874. The molecule has 1 atom stereocenters. The number of aromatic nitrogens is 3. The molecule has 0 radical (unpaired) electrons. The predicted molar refractivity (Wildman–Crippen MR) is 71.7 cm³/mol. The Morgan fingerprint density at radius 1 is 1.50 bits per heavy atom. The number of fused-ring (bicyclic) bond motifs is 1. The molecular weight excluding hydrogens is 254 g/mol. The highest BCUT2D eigenvalue weighted by atomic mass is 35.5. The molecule has 98 valence electrons. The highest BCUT2D eigenvalue weighted by molar-refractivity contribution is 5.90. The van der Waals surface area contributed by atoms with E-state index in [4.69, 9.17) is 5.73 Å². The van der Waals surface area contributed by atoms with Crippen LogP contribution in [0.2, 0.25) is 0 Å². The third kappa shape index (κ3) is 3.41. The maximum atomic E-state index is 11.7. The summed E-state index contributed by atoms with van der Waals surface area (Å²) in [7, 11) is 0. The lowest BCUT2D eigenvalue weighted by molar-refractivity contribution is -0.116. The molecule has 3 N–H and O–H groups in total. The van der Waals surface area contributed by atoms with Gasteiger partial charge in [0, 0.05) is 24.7 Å². The van der Waals surface area contributed by atoms with Crippen LogP contribution in [0, 0.1) is 0 Å². The Kier molecular flexibility index (Phi) is 5.06. The summed E-state index contributed by atoms with van der Waals surface area (Å²) in [6.07, 6.45) is 4.35. The van der Waals surface area contributed by atoms with Gasteiger partial charge < -0.3 is 11.1 Å². The number of nitrogens with one attached hydrogen (secondary N) is 1. The lowest BCUT2D eigenvalue weighted by Gasteiger charge is -2.07. The van der Waals surface area contributed by atoms with E-state index in [0.717, 1.165) is 0 Å². The van der Waals surface area contributed by atoms with Gasteiger partial charge in [0.05, 0.1) is 6.20 Å². The van der Waals surface area contributed by atoms with Crippen molar-refractivity contribution in [1.29, 1.82) is 0 Å². The molecule has 2 heterocycles. The smallest absolute Gasteiger partial charge is 0.225 e. The van der Waals surface area contributed by atoms with Crippen LogP contribution in [0.15, 0.2) is 24.5 Å². The van der Waals surface area contributed by atoms with Crippen LogP contribution in [0.3, 0.4) is 0 Å². The number of anilines is 1. The van der Waals surface area contributed by atoms with Crippen LogP contribution in [0.5, 0.6) is 0 Å². The summed E-state index contributed by atoms with van der Waals surface area (Å²) in [5.41, 5.74) is 6.30. The maximum absolute atomic E-state index is 11.7. The van der Waals surface area contributed by atoms with Gasteiger partial charge >= 0.3 is 0 Å². The van der Waals surface area contributed by atoms with Crippen LogP contribution < -0.4 is 11.1 Å². The Hall–Kier alpha value is -1.66. The van der Waals surface area contributed by atoms with Gasteiger partial charge in [-0.15, -0.1) is 12.4 Å². The van der Waals surface area contributed by atoms with Gasteiger partial charge in [0.1, 0.15) is 5.82 Å². The average Bonchev–Trinajstić information content (AvgIpc) is 2.75. The normalized spacial score (nSPS) is 11.9. The van der Waals surface area contributed by atoms with Crippen LogP contribution in [0.25, 0.3) is 5.65 Å².